The molecule has 3 rings (SSSR count). The van der Waals surface area contributed by atoms with Crippen LogP contribution in [-0.4, -0.2) is 50.1 Å². The number of ether oxygens (including phenoxy) is 1. The number of benzene rings is 2. The van der Waals surface area contributed by atoms with Gasteiger partial charge in [0.05, 0.1) is 16.1 Å². The van der Waals surface area contributed by atoms with Crippen molar-refractivity contribution < 1.29 is 27.5 Å². The van der Waals surface area contributed by atoms with Gasteiger partial charge in [-0.05, 0) is 56.5 Å². The number of aryl methyl sites for hydroxylation is 1. The summed E-state index contributed by atoms with van der Waals surface area (Å²) in [5.41, 5.74) is 1.29. The zero-order valence-corrected chi connectivity index (χ0v) is 18.9. The number of anilines is 1. The van der Waals surface area contributed by atoms with E-state index in [-0.39, 0.29) is 16.2 Å². The molecule has 170 valence electrons. The van der Waals surface area contributed by atoms with E-state index in [4.69, 9.17) is 4.74 Å². The Bertz CT molecular complexity index is 1140. The van der Waals surface area contributed by atoms with Gasteiger partial charge in [-0.1, -0.05) is 24.6 Å². The summed E-state index contributed by atoms with van der Waals surface area (Å²) in [6.07, 6.45) is 2.61. The average Bonchev–Trinajstić information content (AvgIpc) is 2.78. The molecule has 2 aromatic carbocycles. The number of Topliss-reactive ketones (excluding diaryl/α,β-unsaturated/α-hetero) is 1. The maximum atomic E-state index is 12.9. The maximum absolute atomic E-state index is 12.9. The molecule has 8 nitrogen and oxygen atoms in total. The number of esters is 1. The number of rotatable bonds is 7. The van der Waals surface area contributed by atoms with E-state index in [0.29, 0.717) is 29.9 Å². The van der Waals surface area contributed by atoms with Crippen LogP contribution in [0.5, 0.6) is 0 Å². The van der Waals surface area contributed by atoms with Gasteiger partial charge < -0.3 is 10.1 Å². The number of carbonyl (C=O) groups is 3. The third-order valence-corrected chi connectivity index (χ3v) is 7.19. The van der Waals surface area contributed by atoms with Crippen LogP contribution in [0.25, 0.3) is 0 Å². The maximum Gasteiger partial charge on any atom is 0.338 e. The van der Waals surface area contributed by atoms with Crippen LogP contribution in [0.3, 0.4) is 0 Å². The number of hydrogen-bond donors (Lipinski definition) is 1. The molecule has 0 bridgehead atoms. The minimum atomic E-state index is -3.71. The predicted molar refractivity (Wildman–Crippen MR) is 119 cm³/mol. The molecule has 32 heavy (non-hydrogen) atoms. The van der Waals surface area contributed by atoms with Crippen molar-refractivity contribution in [2.75, 3.05) is 25.0 Å². The molecule has 0 aromatic heterocycles. The highest BCUT2D eigenvalue weighted by atomic mass is 32.2. The molecule has 0 aliphatic carbocycles. The van der Waals surface area contributed by atoms with Crippen molar-refractivity contribution in [3.05, 3.63) is 59.2 Å². The number of hydrogen-bond acceptors (Lipinski definition) is 6. The van der Waals surface area contributed by atoms with Crippen molar-refractivity contribution in [3.63, 3.8) is 0 Å². The van der Waals surface area contributed by atoms with Gasteiger partial charge in [0.15, 0.2) is 12.4 Å². The van der Waals surface area contributed by atoms with Crippen molar-refractivity contribution in [1.29, 1.82) is 0 Å². The van der Waals surface area contributed by atoms with Crippen molar-refractivity contribution in [3.8, 4) is 0 Å². The fourth-order valence-corrected chi connectivity index (χ4v) is 5.07. The number of nitrogens with one attached hydrogen (secondary N) is 1. The highest BCUT2D eigenvalue weighted by molar-refractivity contribution is 7.89. The zero-order valence-electron chi connectivity index (χ0n) is 18.1. The number of ketones is 1. The summed E-state index contributed by atoms with van der Waals surface area (Å²) in [5, 5.41) is 2.55. The Morgan fingerprint density at radius 1 is 1.00 bits per heavy atom. The number of para-hydroxylation sites is 1. The van der Waals surface area contributed by atoms with Gasteiger partial charge in [0, 0.05) is 18.7 Å². The molecule has 1 N–H and O–H groups in total. The summed E-state index contributed by atoms with van der Waals surface area (Å²) in [6, 6.07) is 10.8. The van der Waals surface area contributed by atoms with Crippen molar-refractivity contribution in [2.45, 2.75) is 38.0 Å². The van der Waals surface area contributed by atoms with Gasteiger partial charge in [0.25, 0.3) is 5.91 Å². The smallest absolute Gasteiger partial charge is 0.338 e. The van der Waals surface area contributed by atoms with Crippen LogP contribution in [0, 0.1) is 6.92 Å². The van der Waals surface area contributed by atoms with Crippen LogP contribution in [0.15, 0.2) is 47.4 Å². The molecule has 0 spiro atoms. The molecule has 1 aliphatic heterocycles. The lowest BCUT2D eigenvalue weighted by atomic mass is 10.1. The SMILES string of the molecule is CC(=O)c1ccccc1NC(=O)COC(=O)c1cc(S(=O)(=O)N2CCCCC2)ccc1C. The van der Waals surface area contributed by atoms with Crippen molar-refractivity contribution in [2.24, 2.45) is 0 Å². The summed E-state index contributed by atoms with van der Waals surface area (Å²) in [6.45, 7) is 3.39. The van der Waals surface area contributed by atoms with Gasteiger partial charge in [0.1, 0.15) is 0 Å². The fraction of sp³-hybridized carbons (Fsp3) is 0.348. The molecule has 0 atom stereocenters. The van der Waals surface area contributed by atoms with E-state index in [2.05, 4.69) is 5.32 Å². The number of amides is 1. The first-order chi connectivity index (χ1) is 15.2. The lowest BCUT2D eigenvalue weighted by molar-refractivity contribution is -0.119. The van der Waals surface area contributed by atoms with E-state index in [1.54, 1.807) is 37.3 Å². The monoisotopic (exact) mass is 458 g/mol. The van der Waals surface area contributed by atoms with E-state index in [1.165, 1.54) is 23.4 Å². The van der Waals surface area contributed by atoms with Crippen LogP contribution in [-0.2, 0) is 19.6 Å². The summed E-state index contributed by atoms with van der Waals surface area (Å²) in [7, 11) is -3.71. The Balaban J connectivity index is 1.69. The van der Waals surface area contributed by atoms with E-state index in [1.807, 2.05) is 0 Å². The molecule has 1 aliphatic rings. The minimum absolute atomic E-state index is 0.0248. The van der Waals surface area contributed by atoms with E-state index >= 15 is 0 Å². The van der Waals surface area contributed by atoms with Crippen molar-refractivity contribution in [1.82, 2.24) is 4.31 Å². The van der Waals surface area contributed by atoms with Gasteiger partial charge in [-0.2, -0.15) is 4.31 Å². The van der Waals surface area contributed by atoms with Gasteiger partial charge in [-0.3, -0.25) is 9.59 Å². The summed E-state index contributed by atoms with van der Waals surface area (Å²) < 4.78 is 32.4. The molecule has 1 amide bonds. The highest BCUT2D eigenvalue weighted by Crippen LogP contribution is 2.23. The third kappa shape index (κ3) is 5.41. The molecule has 1 saturated heterocycles. The number of piperidine rings is 1. The largest absolute Gasteiger partial charge is 0.452 e. The normalized spacial score (nSPS) is 14.6. The quantitative estimate of drug-likeness (QED) is 0.504. The molecule has 2 aromatic rings. The second-order valence-corrected chi connectivity index (χ2v) is 9.61. The Morgan fingerprint density at radius 2 is 1.69 bits per heavy atom. The van der Waals surface area contributed by atoms with Crippen LogP contribution in [0.1, 0.15) is 52.5 Å². The van der Waals surface area contributed by atoms with Gasteiger partial charge in [-0.25, -0.2) is 13.2 Å². The van der Waals surface area contributed by atoms with E-state index in [9.17, 15) is 22.8 Å². The molecule has 1 heterocycles. The molecular formula is C23H26N2O6S. The first-order valence-electron chi connectivity index (χ1n) is 10.4. The van der Waals surface area contributed by atoms with Crippen molar-refractivity contribution >= 4 is 33.4 Å². The lowest BCUT2D eigenvalue weighted by Gasteiger charge is -2.26. The van der Waals surface area contributed by atoms with Crippen LogP contribution in [0.4, 0.5) is 5.69 Å². The zero-order chi connectivity index (χ0) is 23.3. The minimum Gasteiger partial charge on any atom is -0.452 e. The fourth-order valence-electron chi connectivity index (χ4n) is 3.53. The summed E-state index contributed by atoms with van der Waals surface area (Å²) in [5.74, 6) is -1.62. The number of carbonyl (C=O) groups excluding carboxylic acids is 3. The van der Waals surface area contributed by atoms with E-state index in [0.717, 1.165) is 19.3 Å². The average molecular weight is 459 g/mol. The molecule has 9 heteroatoms. The topological polar surface area (TPSA) is 110 Å². The second kappa shape index (κ2) is 10.1. The highest BCUT2D eigenvalue weighted by Gasteiger charge is 2.27. The Hall–Kier alpha value is -3.04. The first kappa shape index (κ1) is 23.6. The number of nitrogens with zero attached hydrogens (tertiary/aromatic N) is 1. The van der Waals surface area contributed by atoms with Gasteiger partial charge in [0.2, 0.25) is 10.0 Å². The van der Waals surface area contributed by atoms with Crippen LogP contribution < -0.4 is 5.32 Å². The van der Waals surface area contributed by atoms with Crippen LogP contribution in [0.2, 0.25) is 0 Å². The van der Waals surface area contributed by atoms with Crippen LogP contribution >= 0.6 is 0 Å². The molecule has 0 radical (unpaired) electrons. The predicted octanol–water partition coefficient (Wildman–Crippen LogP) is 3.17. The molecule has 0 unspecified atom stereocenters. The number of sulfonamides is 1. The van der Waals surface area contributed by atoms with Gasteiger partial charge >= 0.3 is 5.97 Å². The Kier molecular flexibility index (Phi) is 7.42. The standard InChI is InChI=1S/C23H26N2O6S/c1-16-10-11-18(32(29,30)25-12-6-3-7-13-25)14-20(16)23(28)31-15-22(27)24-21-9-5-4-8-19(21)17(2)26/h4-5,8-11,14H,3,6-7,12-13,15H2,1-2H3,(H,24,27). The molecule has 1 fully saturated rings. The molecule has 0 saturated carbocycles. The lowest BCUT2D eigenvalue weighted by Crippen LogP contribution is -2.35. The molecular weight excluding hydrogens is 432 g/mol. The Morgan fingerprint density at radius 3 is 2.38 bits per heavy atom. The third-order valence-electron chi connectivity index (χ3n) is 5.30. The summed E-state index contributed by atoms with van der Waals surface area (Å²) in [4.78, 5) is 36.5. The first-order valence-corrected chi connectivity index (χ1v) is 11.8. The summed E-state index contributed by atoms with van der Waals surface area (Å²) >= 11 is 0. The van der Waals surface area contributed by atoms with E-state index < -0.39 is 28.5 Å². The second-order valence-electron chi connectivity index (χ2n) is 7.67. The van der Waals surface area contributed by atoms with Gasteiger partial charge in [-0.15, -0.1) is 0 Å². The Labute approximate surface area is 187 Å².